The molecule has 3 aromatic heterocycles. The van der Waals surface area contributed by atoms with E-state index in [1.807, 2.05) is 0 Å². The first kappa shape index (κ1) is 40.8. The van der Waals surface area contributed by atoms with E-state index >= 15 is 0 Å². The standard InChI is InChI=1S/C39H53N5.2ClH.Co/c1-3-5-7-9-11-13-15-21-30-43-36-28-19-17-24-32(36)41-38(43)34-26-23-27-35(40-34)39-42-33-25-18-20-29-37(33)44(39)31-22-16-14-12-10-8-6-4-2;;;/h17-20,23-29H,3-16,21-22,30-31H2,1-2H3;2*1H;/q;;;+2/p-2. The van der Waals surface area contributed by atoms with Crippen molar-refractivity contribution in [1.29, 1.82) is 0 Å². The van der Waals surface area contributed by atoms with Crippen LogP contribution in [0.4, 0.5) is 0 Å². The van der Waals surface area contributed by atoms with Gasteiger partial charge in [-0.1, -0.05) is 134 Å². The molecule has 0 spiro atoms. The van der Waals surface area contributed by atoms with Gasteiger partial charge < -0.3 is 33.9 Å². The Morgan fingerprint density at radius 3 is 1.19 bits per heavy atom. The topological polar surface area (TPSA) is 48.5 Å². The van der Waals surface area contributed by atoms with Gasteiger partial charge in [-0.3, -0.25) is 0 Å². The summed E-state index contributed by atoms with van der Waals surface area (Å²) in [4.78, 5) is 15.4. The average molecular weight is 722 g/mol. The predicted molar refractivity (Wildman–Crippen MR) is 187 cm³/mol. The quantitative estimate of drug-likeness (QED) is 0.101. The van der Waals surface area contributed by atoms with Crippen LogP contribution in [0.5, 0.6) is 0 Å². The SMILES string of the molecule is CCCCCCCCCCn1c(-c2cccc(-c3nc4ccccc4n3CCCCCCCCCC)n2)nc2ccccc21.[Cl-].[Cl-].[Co+2]. The number of fused-ring (bicyclic) bond motifs is 2. The van der Waals surface area contributed by atoms with Gasteiger partial charge in [0, 0.05) is 13.1 Å². The van der Waals surface area contributed by atoms with Gasteiger partial charge in [0.2, 0.25) is 0 Å². The number of pyridine rings is 1. The number of imidazole rings is 2. The van der Waals surface area contributed by atoms with Crippen LogP contribution in [-0.4, -0.2) is 24.1 Å². The zero-order valence-corrected chi connectivity index (χ0v) is 31.0. The van der Waals surface area contributed by atoms with Gasteiger partial charge in [0.15, 0.2) is 11.6 Å². The maximum absolute atomic E-state index is 5.23. The Bertz CT molecular complexity index is 1470. The van der Waals surface area contributed by atoms with Crippen LogP contribution in [0.25, 0.3) is 45.1 Å². The Labute approximate surface area is 305 Å². The van der Waals surface area contributed by atoms with Gasteiger partial charge in [0.05, 0.1) is 22.1 Å². The molecular weight excluding hydrogens is 668 g/mol. The molecule has 2 aromatic carbocycles. The van der Waals surface area contributed by atoms with Gasteiger partial charge in [-0.2, -0.15) is 0 Å². The van der Waals surface area contributed by atoms with Crippen molar-refractivity contribution in [3.8, 4) is 23.0 Å². The van der Waals surface area contributed by atoms with E-state index in [9.17, 15) is 0 Å². The summed E-state index contributed by atoms with van der Waals surface area (Å²) in [6.07, 6.45) is 21.0. The van der Waals surface area contributed by atoms with E-state index in [-0.39, 0.29) is 41.6 Å². The number of benzene rings is 2. The van der Waals surface area contributed by atoms with E-state index in [0.717, 1.165) is 60.0 Å². The average Bonchev–Trinajstić information content (AvgIpc) is 3.62. The second-order valence-electron chi connectivity index (χ2n) is 12.5. The zero-order chi connectivity index (χ0) is 30.4. The van der Waals surface area contributed by atoms with Crippen molar-refractivity contribution in [2.24, 2.45) is 0 Å². The third-order valence-electron chi connectivity index (χ3n) is 8.99. The van der Waals surface area contributed by atoms with E-state index < -0.39 is 0 Å². The van der Waals surface area contributed by atoms with E-state index in [4.69, 9.17) is 15.0 Å². The van der Waals surface area contributed by atoms with Crippen LogP contribution in [0.2, 0.25) is 0 Å². The number of hydrogen-bond acceptors (Lipinski definition) is 3. The molecule has 0 aliphatic rings. The van der Waals surface area contributed by atoms with Crippen molar-refractivity contribution >= 4 is 22.1 Å². The van der Waals surface area contributed by atoms with Crippen LogP contribution in [0.1, 0.15) is 117 Å². The summed E-state index contributed by atoms with van der Waals surface area (Å²) >= 11 is 0. The van der Waals surface area contributed by atoms with E-state index in [1.165, 1.54) is 101 Å². The fourth-order valence-corrected chi connectivity index (χ4v) is 6.49. The van der Waals surface area contributed by atoms with Crippen LogP contribution in [-0.2, 0) is 29.9 Å². The summed E-state index contributed by atoms with van der Waals surface area (Å²) in [7, 11) is 0. The smallest absolute Gasteiger partial charge is 1.00 e. The number of aromatic nitrogens is 5. The van der Waals surface area contributed by atoms with Crippen molar-refractivity contribution in [3.05, 3.63) is 66.7 Å². The van der Waals surface area contributed by atoms with Crippen LogP contribution in [0.15, 0.2) is 66.7 Å². The Morgan fingerprint density at radius 1 is 0.426 bits per heavy atom. The summed E-state index contributed by atoms with van der Waals surface area (Å²) in [5.41, 5.74) is 6.31. The minimum absolute atomic E-state index is 0. The molecular formula is C39H53Cl2CoN5. The van der Waals surface area contributed by atoms with Crippen molar-refractivity contribution in [2.75, 3.05) is 0 Å². The van der Waals surface area contributed by atoms with Gasteiger partial charge in [-0.15, -0.1) is 0 Å². The zero-order valence-electron chi connectivity index (χ0n) is 28.4. The minimum Gasteiger partial charge on any atom is -1.00 e. The molecule has 47 heavy (non-hydrogen) atoms. The summed E-state index contributed by atoms with van der Waals surface area (Å²) in [6, 6.07) is 23.4. The Morgan fingerprint density at radius 2 is 0.787 bits per heavy atom. The summed E-state index contributed by atoms with van der Waals surface area (Å²) < 4.78 is 4.78. The van der Waals surface area contributed by atoms with E-state index in [2.05, 4.69) is 89.7 Å². The minimum atomic E-state index is 0. The van der Waals surface area contributed by atoms with Crippen molar-refractivity contribution in [1.82, 2.24) is 24.1 Å². The van der Waals surface area contributed by atoms with E-state index in [1.54, 1.807) is 0 Å². The molecule has 0 aliphatic heterocycles. The molecule has 0 bridgehead atoms. The largest absolute Gasteiger partial charge is 2.00 e. The molecule has 0 N–H and O–H groups in total. The number of rotatable bonds is 20. The Balaban J connectivity index is 0.00000256. The molecule has 8 heteroatoms. The monoisotopic (exact) mass is 720 g/mol. The fourth-order valence-electron chi connectivity index (χ4n) is 6.49. The third kappa shape index (κ3) is 11.3. The number of hydrogen-bond donors (Lipinski definition) is 0. The second-order valence-corrected chi connectivity index (χ2v) is 12.5. The molecule has 5 rings (SSSR count). The molecule has 0 amide bonds. The first-order valence-electron chi connectivity index (χ1n) is 17.7. The number of nitrogens with zero attached hydrogens (tertiary/aromatic N) is 5. The summed E-state index contributed by atoms with van der Waals surface area (Å²) in [6.45, 7) is 6.50. The molecule has 0 saturated heterocycles. The van der Waals surface area contributed by atoms with Gasteiger partial charge in [-0.25, -0.2) is 15.0 Å². The molecule has 0 aliphatic carbocycles. The summed E-state index contributed by atoms with van der Waals surface area (Å²) in [5, 5.41) is 0. The number of para-hydroxylation sites is 4. The second kappa shape index (κ2) is 22.3. The first-order chi connectivity index (χ1) is 21.8. The first-order valence-corrected chi connectivity index (χ1v) is 17.7. The predicted octanol–water partition coefficient (Wildman–Crippen LogP) is 5.40. The molecule has 0 unspecified atom stereocenters. The molecule has 0 atom stereocenters. The normalized spacial score (nSPS) is 10.9. The van der Waals surface area contributed by atoms with Crippen LogP contribution < -0.4 is 24.8 Å². The third-order valence-corrected chi connectivity index (χ3v) is 8.99. The van der Waals surface area contributed by atoms with E-state index in [0.29, 0.717) is 0 Å². The number of aryl methyl sites for hydroxylation is 2. The molecule has 0 saturated carbocycles. The van der Waals surface area contributed by atoms with Gasteiger partial charge in [-0.05, 0) is 49.2 Å². The van der Waals surface area contributed by atoms with Gasteiger partial charge in [0.1, 0.15) is 11.4 Å². The Kier molecular flexibility index (Phi) is 19.3. The van der Waals surface area contributed by atoms with Crippen molar-refractivity contribution < 1.29 is 41.6 Å². The Hall–Kier alpha value is -2.38. The molecule has 5 aromatic rings. The summed E-state index contributed by atoms with van der Waals surface area (Å²) in [5.74, 6) is 1.92. The molecule has 257 valence electrons. The van der Waals surface area contributed by atoms with Gasteiger partial charge >= 0.3 is 16.8 Å². The van der Waals surface area contributed by atoms with Crippen LogP contribution in [0, 0.1) is 0 Å². The molecule has 3 heterocycles. The van der Waals surface area contributed by atoms with Crippen LogP contribution in [0.3, 0.4) is 0 Å². The van der Waals surface area contributed by atoms with Gasteiger partial charge in [0.25, 0.3) is 0 Å². The maximum Gasteiger partial charge on any atom is 2.00 e. The number of halogens is 2. The molecule has 1 radical (unpaired) electrons. The van der Waals surface area contributed by atoms with Crippen LogP contribution >= 0.6 is 0 Å². The molecule has 0 fully saturated rings. The maximum atomic E-state index is 5.23. The van der Waals surface area contributed by atoms with Crippen molar-refractivity contribution in [3.63, 3.8) is 0 Å². The van der Waals surface area contributed by atoms with Crippen molar-refractivity contribution in [2.45, 2.75) is 130 Å². The molecule has 5 nitrogen and oxygen atoms in total. The number of unbranched alkanes of at least 4 members (excludes halogenated alkanes) is 14. The fraction of sp³-hybridized carbons (Fsp3) is 0.513.